The third-order valence-electron chi connectivity index (χ3n) is 8.03. The van der Waals surface area contributed by atoms with Gasteiger partial charge in [-0.1, -0.05) is 59.6 Å². The Bertz CT molecular complexity index is 1720. The van der Waals surface area contributed by atoms with E-state index in [1.54, 1.807) is 26.6 Å². The molecule has 3 heterocycles. The van der Waals surface area contributed by atoms with Crippen molar-refractivity contribution in [3.05, 3.63) is 70.2 Å². The van der Waals surface area contributed by atoms with Crippen LogP contribution in [0.15, 0.2) is 48.8 Å². The van der Waals surface area contributed by atoms with Crippen LogP contribution in [-0.4, -0.2) is 63.4 Å². The molecule has 1 fully saturated rings. The number of aryl methyl sites for hydroxylation is 1. The number of ether oxygens (including phenoxy) is 2. The minimum absolute atomic E-state index is 0.0261. The summed E-state index contributed by atoms with van der Waals surface area (Å²) in [5, 5.41) is 16.8. The summed E-state index contributed by atoms with van der Waals surface area (Å²) in [6.07, 6.45) is 7.26. The Morgan fingerprint density at radius 2 is 1.46 bits per heavy atom. The van der Waals surface area contributed by atoms with Crippen molar-refractivity contribution in [1.82, 2.24) is 30.6 Å². The van der Waals surface area contributed by atoms with Gasteiger partial charge in [0.1, 0.15) is 11.4 Å². The second-order valence-corrected chi connectivity index (χ2v) is 12.6. The van der Waals surface area contributed by atoms with Gasteiger partial charge >= 0.3 is 0 Å². The highest BCUT2D eigenvalue weighted by Gasteiger charge is 2.22. The van der Waals surface area contributed by atoms with Crippen LogP contribution in [0.2, 0.25) is 10.0 Å². The number of carbonyl (C=O) groups excluding carboxylic acids is 1. The van der Waals surface area contributed by atoms with E-state index in [0.29, 0.717) is 69.4 Å². The number of hydrogen-bond acceptors (Lipinski definition) is 9. The van der Waals surface area contributed by atoms with Gasteiger partial charge in [0.25, 0.3) is 0 Å². The fourth-order valence-electron chi connectivity index (χ4n) is 5.34. The van der Waals surface area contributed by atoms with E-state index in [-0.39, 0.29) is 18.6 Å². The Balaban J connectivity index is 1.40. The largest absolute Gasteiger partial charge is 0.480 e. The standard InChI is InChI=1S/C34H38Cl2N6O4/c1-34(2,19-43)39-18-28-33(46-4)42-27(17-38-28)24-12-7-10-22(31(24)36)21-9-6-11-23(30(21)35)26-16-37-25(32(41-26)45-3)13-5-8-20-14-15-29(44)40-20/h6-7,9-12,16-17,20,39,43H,5,8,13-15,18-19H2,1-4H3,(H,40,44)/t20-/m1/s1. The van der Waals surface area contributed by atoms with Gasteiger partial charge in [-0.05, 0) is 39.5 Å². The van der Waals surface area contributed by atoms with Gasteiger partial charge in [-0.3, -0.25) is 14.8 Å². The minimum atomic E-state index is -0.480. The number of methoxy groups -OCH3 is 2. The Labute approximate surface area is 278 Å². The summed E-state index contributed by atoms with van der Waals surface area (Å²) >= 11 is 14.0. The fourth-order valence-corrected chi connectivity index (χ4v) is 5.99. The smallest absolute Gasteiger partial charge is 0.237 e. The van der Waals surface area contributed by atoms with Crippen LogP contribution in [0.25, 0.3) is 33.6 Å². The number of aliphatic hydroxyl groups excluding tert-OH is 1. The number of halogens is 2. The molecule has 5 rings (SSSR count). The summed E-state index contributed by atoms with van der Waals surface area (Å²) in [4.78, 5) is 30.2. The van der Waals surface area contributed by atoms with Crippen molar-refractivity contribution >= 4 is 29.1 Å². The number of nitrogens with zero attached hydrogens (tertiary/aromatic N) is 4. The number of rotatable bonds is 13. The monoisotopic (exact) mass is 664 g/mol. The van der Waals surface area contributed by atoms with Gasteiger partial charge < -0.3 is 25.2 Å². The Hall–Kier alpha value is -3.83. The van der Waals surface area contributed by atoms with Gasteiger partial charge in [0.15, 0.2) is 0 Å². The zero-order valence-electron chi connectivity index (χ0n) is 26.4. The number of carbonyl (C=O) groups is 1. The number of aromatic nitrogens is 4. The Morgan fingerprint density at radius 1 is 0.913 bits per heavy atom. The van der Waals surface area contributed by atoms with Crippen LogP contribution in [0.1, 0.15) is 50.9 Å². The molecule has 3 N–H and O–H groups in total. The van der Waals surface area contributed by atoms with Crippen molar-refractivity contribution in [3.8, 4) is 45.4 Å². The average molecular weight is 666 g/mol. The highest BCUT2D eigenvalue weighted by molar-refractivity contribution is 6.39. The Kier molecular flexibility index (Phi) is 10.7. The molecule has 0 bridgehead atoms. The summed E-state index contributed by atoms with van der Waals surface area (Å²) in [5.74, 6) is 0.928. The molecule has 2 aromatic heterocycles. The van der Waals surface area contributed by atoms with E-state index in [4.69, 9.17) is 42.6 Å². The molecule has 1 aliphatic heterocycles. The quantitative estimate of drug-likeness (QED) is 0.156. The zero-order valence-corrected chi connectivity index (χ0v) is 27.9. The summed E-state index contributed by atoms with van der Waals surface area (Å²) in [6, 6.07) is 11.6. The number of amides is 1. The number of benzene rings is 2. The van der Waals surface area contributed by atoms with Gasteiger partial charge in [0.2, 0.25) is 17.7 Å². The maximum atomic E-state index is 11.5. The van der Waals surface area contributed by atoms with Crippen molar-refractivity contribution < 1.29 is 19.4 Å². The lowest BCUT2D eigenvalue weighted by atomic mass is 9.98. The molecule has 0 unspecified atom stereocenters. The first-order chi connectivity index (χ1) is 22.1. The maximum absolute atomic E-state index is 11.5. The molecule has 10 nitrogen and oxygen atoms in total. The zero-order chi connectivity index (χ0) is 32.8. The van der Waals surface area contributed by atoms with Crippen LogP contribution in [0.3, 0.4) is 0 Å². The molecule has 1 atom stereocenters. The molecule has 46 heavy (non-hydrogen) atoms. The minimum Gasteiger partial charge on any atom is -0.480 e. The van der Waals surface area contributed by atoms with Crippen LogP contribution in [-0.2, 0) is 17.8 Å². The molecule has 0 saturated carbocycles. The van der Waals surface area contributed by atoms with E-state index < -0.39 is 5.54 Å². The van der Waals surface area contributed by atoms with E-state index in [9.17, 15) is 9.90 Å². The van der Waals surface area contributed by atoms with Crippen LogP contribution in [0.5, 0.6) is 11.8 Å². The predicted molar refractivity (Wildman–Crippen MR) is 179 cm³/mol. The van der Waals surface area contributed by atoms with Crippen molar-refractivity contribution in [2.24, 2.45) is 0 Å². The molecule has 1 aliphatic rings. The molecule has 242 valence electrons. The van der Waals surface area contributed by atoms with Gasteiger partial charge in [-0.15, -0.1) is 0 Å². The molecule has 12 heteroatoms. The van der Waals surface area contributed by atoms with Gasteiger partial charge in [0.05, 0.1) is 54.7 Å². The highest BCUT2D eigenvalue weighted by atomic mass is 35.5. The van der Waals surface area contributed by atoms with E-state index in [0.717, 1.165) is 36.1 Å². The van der Waals surface area contributed by atoms with Crippen molar-refractivity contribution in [2.45, 2.75) is 64.1 Å². The molecule has 0 radical (unpaired) electrons. The molecular weight excluding hydrogens is 627 g/mol. The lowest BCUT2D eigenvalue weighted by Crippen LogP contribution is -2.42. The van der Waals surface area contributed by atoms with E-state index in [1.165, 1.54) is 0 Å². The SMILES string of the molecule is COc1nc(-c2cccc(-c3cccc(-c4cnc(CNC(C)(C)CO)c(OC)n4)c3Cl)c2Cl)cnc1CCC[C@@H]1CCC(=O)N1. The first kappa shape index (κ1) is 33.5. The second kappa shape index (κ2) is 14.7. The van der Waals surface area contributed by atoms with Crippen LogP contribution >= 0.6 is 23.2 Å². The van der Waals surface area contributed by atoms with Gasteiger partial charge in [0, 0.05) is 46.8 Å². The van der Waals surface area contributed by atoms with Crippen molar-refractivity contribution in [3.63, 3.8) is 0 Å². The maximum Gasteiger partial charge on any atom is 0.237 e. The topological polar surface area (TPSA) is 131 Å². The summed E-state index contributed by atoms with van der Waals surface area (Å²) < 4.78 is 11.1. The Morgan fingerprint density at radius 3 is 1.98 bits per heavy atom. The molecule has 0 spiro atoms. The third-order valence-corrected chi connectivity index (χ3v) is 8.84. The summed E-state index contributed by atoms with van der Waals surface area (Å²) in [6.45, 7) is 4.14. The van der Waals surface area contributed by atoms with Gasteiger partial charge in [-0.2, -0.15) is 0 Å². The van der Waals surface area contributed by atoms with Gasteiger partial charge in [-0.25, -0.2) is 9.97 Å². The first-order valence-electron chi connectivity index (χ1n) is 15.2. The normalized spacial score (nSPS) is 14.8. The van der Waals surface area contributed by atoms with Crippen LogP contribution in [0.4, 0.5) is 0 Å². The summed E-state index contributed by atoms with van der Waals surface area (Å²) in [7, 11) is 3.12. The summed E-state index contributed by atoms with van der Waals surface area (Å²) in [5.41, 5.74) is 4.81. The van der Waals surface area contributed by atoms with E-state index >= 15 is 0 Å². The number of aliphatic hydroxyl groups is 1. The van der Waals surface area contributed by atoms with Crippen molar-refractivity contribution in [1.29, 1.82) is 0 Å². The second-order valence-electron chi connectivity index (χ2n) is 11.8. The lowest BCUT2D eigenvalue weighted by molar-refractivity contribution is -0.119. The molecule has 2 aromatic carbocycles. The first-order valence-corrected chi connectivity index (χ1v) is 15.9. The fraction of sp³-hybridized carbons (Fsp3) is 0.382. The molecule has 1 amide bonds. The van der Waals surface area contributed by atoms with Crippen LogP contribution in [0, 0.1) is 0 Å². The lowest BCUT2D eigenvalue weighted by Gasteiger charge is -2.23. The highest BCUT2D eigenvalue weighted by Crippen LogP contribution is 2.42. The number of hydrogen-bond donors (Lipinski definition) is 3. The van der Waals surface area contributed by atoms with Crippen molar-refractivity contribution in [2.75, 3.05) is 20.8 Å². The average Bonchev–Trinajstić information content (AvgIpc) is 3.49. The van der Waals surface area contributed by atoms with E-state index in [2.05, 4.69) is 20.6 Å². The molecule has 4 aromatic rings. The third kappa shape index (κ3) is 7.58. The van der Waals surface area contributed by atoms with E-state index in [1.807, 2.05) is 50.2 Å². The number of nitrogens with one attached hydrogen (secondary N) is 2. The predicted octanol–water partition coefficient (Wildman–Crippen LogP) is 6.05. The van der Waals surface area contributed by atoms with Crippen LogP contribution < -0.4 is 20.1 Å². The molecular formula is C34H38Cl2N6O4. The molecule has 0 aliphatic carbocycles. The molecule has 1 saturated heterocycles.